The lowest BCUT2D eigenvalue weighted by Crippen LogP contribution is -2.07. The van der Waals surface area contributed by atoms with Crippen LogP contribution in [0.3, 0.4) is 0 Å². The topological polar surface area (TPSA) is 36.7 Å². The molecule has 0 spiro atoms. The molecule has 0 aromatic carbocycles. The van der Waals surface area contributed by atoms with Gasteiger partial charge in [0.1, 0.15) is 5.69 Å². The molecule has 0 radical (unpaired) electrons. The fourth-order valence-corrected chi connectivity index (χ4v) is 1.68. The van der Waals surface area contributed by atoms with E-state index in [1.54, 1.807) is 12.3 Å². The standard InChI is InChI=1S/C9H11ClF2N2S/c1-6(15(2)13)7-3-4-8(14-5-7)9(10,11)12/h3-6,13H,1-2H3. The summed E-state index contributed by atoms with van der Waals surface area (Å²) in [5.74, 6) is 0. The van der Waals surface area contributed by atoms with Crippen molar-refractivity contribution >= 4 is 22.3 Å². The van der Waals surface area contributed by atoms with Gasteiger partial charge in [-0.3, -0.25) is 9.76 Å². The van der Waals surface area contributed by atoms with Gasteiger partial charge in [-0.2, -0.15) is 8.78 Å². The third kappa shape index (κ3) is 3.21. The first-order chi connectivity index (χ1) is 6.82. The third-order valence-electron chi connectivity index (χ3n) is 2.08. The number of aromatic nitrogens is 1. The number of alkyl halides is 3. The molecule has 0 aliphatic heterocycles. The second-order valence-corrected chi connectivity index (χ2v) is 5.47. The molecule has 2 nitrogen and oxygen atoms in total. The molecule has 0 fully saturated rings. The Labute approximate surface area is 94.6 Å². The number of halogens is 3. The average molecular weight is 253 g/mol. The molecule has 0 aliphatic rings. The number of pyridine rings is 1. The Morgan fingerprint density at radius 3 is 2.47 bits per heavy atom. The average Bonchev–Trinajstić information content (AvgIpc) is 2.15. The second kappa shape index (κ2) is 4.53. The van der Waals surface area contributed by atoms with E-state index in [2.05, 4.69) is 4.98 Å². The maximum atomic E-state index is 12.6. The van der Waals surface area contributed by atoms with Gasteiger partial charge in [-0.1, -0.05) is 6.07 Å². The molecule has 1 rings (SSSR count). The molecule has 0 amide bonds. The molecule has 1 aromatic heterocycles. The summed E-state index contributed by atoms with van der Waals surface area (Å²) in [7, 11) is -0.550. The molecule has 1 N–H and O–H groups in total. The van der Waals surface area contributed by atoms with Crippen LogP contribution >= 0.6 is 11.6 Å². The molecular formula is C9H11ClF2N2S. The van der Waals surface area contributed by atoms with Crippen LogP contribution in [0.2, 0.25) is 0 Å². The molecule has 0 bridgehead atoms. The Morgan fingerprint density at radius 1 is 1.53 bits per heavy atom. The Hall–Kier alpha value is -0.550. The lowest BCUT2D eigenvalue weighted by atomic mass is 10.2. The van der Waals surface area contributed by atoms with E-state index < -0.39 is 21.8 Å². The maximum absolute atomic E-state index is 12.6. The first kappa shape index (κ1) is 12.5. The summed E-state index contributed by atoms with van der Waals surface area (Å²) in [6, 6.07) is 2.74. The van der Waals surface area contributed by atoms with Crippen LogP contribution in [-0.4, -0.2) is 11.2 Å². The van der Waals surface area contributed by atoms with Crippen molar-refractivity contribution < 1.29 is 8.78 Å². The van der Waals surface area contributed by atoms with Crippen LogP contribution in [0.4, 0.5) is 8.78 Å². The highest BCUT2D eigenvalue weighted by atomic mass is 35.5. The minimum absolute atomic E-state index is 0.00417. The third-order valence-corrected chi connectivity index (χ3v) is 3.60. The SMILES string of the molecule is CC(c1ccc(C(F)(F)Cl)nc1)S(C)=N. The van der Waals surface area contributed by atoms with Gasteiger partial charge in [0.15, 0.2) is 0 Å². The molecule has 2 atom stereocenters. The second-order valence-electron chi connectivity index (χ2n) is 3.17. The zero-order valence-corrected chi connectivity index (χ0v) is 9.87. The summed E-state index contributed by atoms with van der Waals surface area (Å²) in [4.78, 5) is 3.59. The van der Waals surface area contributed by atoms with Gasteiger partial charge >= 0.3 is 5.38 Å². The van der Waals surface area contributed by atoms with Crippen molar-refractivity contribution in [1.29, 1.82) is 4.78 Å². The fraction of sp³-hybridized carbons (Fsp3) is 0.444. The minimum Gasteiger partial charge on any atom is -0.280 e. The van der Waals surface area contributed by atoms with E-state index in [4.69, 9.17) is 16.4 Å². The lowest BCUT2D eigenvalue weighted by Gasteiger charge is -2.12. The highest BCUT2D eigenvalue weighted by molar-refractivity contribution is 7.85. The number of hydrogen-bond donors (Lipinski definition) is 1. The van der Waals surface area contributed by atoms with Gasteiger partial charge in [-0.25, -0.2) is 0 Å². The van der Waals surface area contributed by atoms with Crippen molar-refractivity contribution in [1.82, 2.24) is 4.98 Å². The van der Waals surface area contributed by atoms with Gasteiger partial charge in [-0.05, 0) is 36.4 Å². The molecule has 1 heterocycles. The van der Waals surface area contributed by atoms with E-state index in [1.807, 2.05) is 6.92 Å². The van der Waals surface area contributed by atoms with Crippen molar-refractivity contribution in [3.05, 3.63) is 29.6 Å². The molecule has 0 aliphatic carbocycles. The summed E-state index contributed by atoms with van der Waals surface area (Å²) < 4.78 is 32.8. The summed E-state index contributed by atoms with van der Waals surface area (Å²) in [6.07, 6.45) is 3.13. The number of nitrogens with one attached hydrogen (secondary N) is 1. The zero-order valence-electron chi connectivity index (χ0n) is 8.30. The number of nitrogens with zero attached hydrogens (tertiary/aromatic N) is 1. The van der Waals surface area contributed by atoms with Crippen LogP contribution in [0.1, 0.15) is 23.4 Å². The van der Waals surface area contributed by atoms with Crippen LogP contribution in [0, 0.1) is 4.78 Å². The monoisotopic (exact) mass is 252 g/mol. The predicted octanol–water partition coefficient (Wildman–Crippen LogP) is 3.44. The highest BCUT2D eigenvalue weighted by Gasteiger charge is 2.29. The van der Waals surface area contributed by atoms with E-state index in [0.717, 1.165) is 5.56 Å². The van der Waals surface area contributed by atoms with E-state index >= 15 is 0 Å². The Kier molecular flexibility index (Phi) is 3.78. The highest BCUT2D eigenvalue weighted by Crippen LogP contribution is 2.31. The smallest absolute Gasteiger partial charge is 0.280 e. The maximum Gasteiger partial charge on any atom is 0.364 e. The molecule has 6 heteroatoms. The van der Waals surface area contributed by atoms with E-state index in [-0.39, 0.29) is 5.25 Å². The summed E-state index contributed by atoms with van der Waals surface area (Å²) in [5.41, 5.74) is 0.321. The first-order valence-electron chi connectivity index (χ1n) is 4.21. The Bertz CT molecular complexity index is 361. The molecule has 15 heavy (non-hydrogen) atoms. The van der Waals surface area contributed by atoms with Crippen LogP contribution in [0.25, 0.3) is 0 Å². The van der Waals surface area contributed by atoms with Crippen molar-refractivity contribution in [2.75, 3.05) is 6.26 Å². The number of hydrogen-bond acceptors (Lipinski definition) is 2. The Balaban J connectivity index is 2.95. The van der Waals surface area contributed by atoms with E-state index in [1.165, 1.54) is 12.3 Å². The van der Waals surface area contributed by atoms with Gasteiger partial charge in [0.25, 0.3) is 0 Å². The predicted molar refractivity (Wildman–Crippen MR) is 58.4 cm³/mol. The molecular weight excluding hydrogens is 242 g/mol. The van der Waals surface area contributed by atoms with Gasteiger partial charge in [-0.15, -0.1) is 10.7 Å². The van der Waals surface area contributed by atoms with Gasteiger partial charge in [0.2, 0.25) is 0 Å². The summed E-state index contributed by atoms with van der Waals surface area (Å²) >= 11 is 4.82. The first-order valence-corrected chi connectivity index (χ1v) is 6.29. The van der Waals surface area contributed by atoms with E-state index in [9.17, 15) is 8.78 Å². The van der Waals surface area contributed by atoms with Gasteiger partial charge < -0.3 is 0 Å². The van der Waals surface area contributed by atoms with Crippen molar-refractivity contribution in [2.45, 2.75) is 17.6 Å². The van der Waals surface area contributed by atoms with E-state index in [0.29, 0.717) is 0 Å². The van der Waals surface area contributed by atoms with Gasteiger partial charge in [0, 0.05) is 11.4 Å². The molecule has 0 saturated heterocycles. The zero-order chi connectivity index (χ0) is 11.6. The quantitative estimate of drug-likeness (QED) is 0.822. The number of rotatable bonds is 3. The molecule has 1 aromatic rings. The van der Waals surface area contributed by atoms with Crippen molar-refractivity contribution in [3.8, 4) is 0 Å². The fourth-order valence-electron chi connectivity index (χ4n) is 1.02. The molecule has 0 saturated carbocycles. The van der Waals surface area contributed by atoms with Crippen molar-refractivity contribution in [3.63, 3.8) is 0 Å². The van der Waals surface area contributed by atoms with Crippen LogP contribution in [0.5, 0.6) is 0 Å². The lowest BCUT2D eigenvalue weighted by molar-refractivity contribution is 0.0900. The molecule has 2 unspecified atom stereocenters. The summed E-state index contributed by atoms with van der Waals surface area (Å²) in [5, 5.41) is -3.42. The normalized spacial score (nSPS) is 16.1. The van der Waals surface area contributed by atoms with Crippen LogP contribution < -0.4 is 0 Å². The van der Waals surface area contributed by atoms with Crippen molar-refractivity contribution in [2.24, 2.45) is 0 Å². The Morgan fingerprint density at radius 2 is 2.13 bits per heavy atom. The van der Waals surface area contributed by atoms with Crippen LogP contribution in [0.15, 0.2) is 18.3 Å². The van der Waals surface area contributed by atoms with Gasteiger partial charge in [0.05, 0.1) is 0 Å². The van der Waals surface area contributed by atoms with Crippen LogP contribution in [-0.2, 0) is 16.1 Å². The minimum atomic E-state index is -3.42. The summed E-state index contributed by atoms with van der Waals surface area (Å²) in [6.45, 7) is 1.87. The largest absolute Gasteiger partial charge is 0.364 e. The molecule has 84 valence electrons.